The molecule has 2 aliphatic heterocycles. The van der Waals surface area contributed by atoms with Crippen LogP contribution in [-0.2, 0) is 11.2 Å². The van der Waals surface area contributed by atoms with Crippen molar-refractivity contribution < 1.29 is 4.79 Å². The van der Waals surface area contributed by atoms with E-state index >= 15 is 0 Å². The Hall–Kier alpha value is -1.55. The molecule has 1 aromatic rings. The number of anilines is 2. The van der Waals surface area contributed by atoms with E-state index in [0.717, 1.165) is 30.9 Å². The number of fused-ring (bicyclic) bond motifs is 1. The molecule has 0 aliphatic carbocycles. The Bertz CT molecular complexity index is 454. The van der Waals surface area contributed by atoms with Gasteiger partial charge in [0.1, 0.15) is 0 Å². The van der Waals surface area contributed by atoms with E-state index in [0.29, 0.717) is 12.5 Å². The van der Waals surface area contributed by atoms with Crippen LogP contribution >= 0.6 is 0 Å². The Morgan fingerprint density at radius 2 is 2.18 bits per heavy atom. The molecule has 1 saturated heterocycles. The number of benzene rings is 1. The van der Waals surface area contributed by atoms with E-state index in [4.69, 9.17) is 0 Å². The third-order valence-electron chi connectivity index (χ3n) is 3.63. The first-order chi connectivity index (χ1) is 8.29. The Labute approximate surface area is 101 Å². The SMILES string of the molecule is CNc1ccc2c(c1)CCC(=O)N2C1CNC1. The maximum Gasteiger partial charge on any atom is 0.227 e. The van der Waals surface area contributed by atoms with Gasteiger partial charge in [0.05, 0.1) is 6.04 Å². The maximum atomic E-state index is 12.0. The van der Waals surface area contributed by atoms with Gasteiger partial charge in [-0.25, -0.2) is 0 Å². The summed E-state index contributed by atoms with van der Waals surface area (Å²) in [5, 5.41) is 6.37. The zero-order chi connectivity index (χ0) is 11.8. The van der Waals surface area contributed by atoms with E-state index in [-0.39, 0.29) is 5.91 Å². The fourth-order valence-electron chi connectivity index (χ4n) is 2.53. The third kappa shape index (κ3) is 1.69. The van der Waals surface area contributed by atoms with Gasteiger partial charge < -0.3 is 15.5 Å². The summed E-state index contributed by atoms with van der Waals surface area (Å²) in [6.45, 7) is 1.83. The topological polar surface area (TPSA) is 44.4 Å². The van der Waals surface area contributed by atoms with Crippen LogP contribution in [0, 0.1) is 0 Å². The monoisotopic (exact) mass is 231 g/mol. The lowest BCUT2D eigenvalue weighted by Crippen LogP contribution is -2.60. The average molecular weight is 231 g/mol. The van der Waals surface area contributed by atoms with Gasteiger partial charge in [-0.1, -0.05) is 0 Å². The number of hydrogen-bond donors (Lipinski definition) is 2. The lowest BCUT2D eigenvalue weighted by Gasteiger charge is -2.41. The smallest absolute Gasteiger partial charge is 0.227 e. The summed E-state index contributed by atoms with van der Waals surface area (Å²) >= 11 is 0. The molecule has 0 radical (unpaired) electrons. The Morgan fingerprint density at radius 3 is 2.82 bits per heavy atom. The molecule has 90 valence electrons. The number of aryl methyl sites for hydroxylation is 1. The number of carbonyl (C=O) groups excluding carboxylic acids is 1. The largest absolute Gasteiger partial charge is 0.388 e. The lowest BCUT2D eigenvalue weighted by atomic mass is 9.97. The molecule has 0 atom stereocenters. The summed E-state index contributed by atoms with van der Waals surface area (Å²) in [5.74, 6) is 0.265. The summed E-state index contributed by atoms with van der Waals surface area (Å²) < 4.78 is 0. The van der Waals surface area contributed by atoms with Crippen molar-refractivity contribution >= 4 is 17.3 Å². The molecule has 4 heteroatoms. The molecule has 1 fully saturated rings. The number of hydrogen-bond acceptors (Lipinski definition) is 3. The summed E-state index contributed by atoms with van der Waals surface area (Å²) in [4.78, 5) is 14.0. The second-order valence-corrected chi connectivity index (χ2v) is 4.67. The zero-order valence-corrected chi connectivity index (χ0v) is 9.99. The van der Waals surface area contributed by atoms with Crippen molar-refractivity contribution in [2.45, 2.75) is 18.9 Å². The van der Waals surface area contributed by atoms with Gasteiger partial charge in [-0.15, -0.1) is 0 Å². The first-order valence-electron chi connectivity index (χ1n) is 6.13. The number of nitrogens with zero attached hydrogens (tertiary/aromatic N) is 1. The Morgan fingerprint density at radius 1 is 1.35 bits per heavy atom. The molecule has 17 heavy (non-hydrogen) atoms. The van der Waals surface area contributed by atoms with Crippen LogP contribution in [0.4, 0.5) is 11.4 Å². The van der Waals surface area contributed by atoms with Crippen molar-refractivity contribution in [3.05, 3.63) is 23.8 Å². The predicted octanol–water partition coefficient (Wildman–Crippen LogP) is 0.979. The van der Waals surface area contributed by atoms with Gasteiger partial charge in [-0.3, -0.25) is 4.79 Å². The van der Waals surface area contributed by atoms with Crippen LogP contribution in [-0.4, -0.2) is 32.1 Å². The van der Waals surface area contributed by atoms with Crippen molar-refractivity contribution in [1.29, 1.82) is 0 Å². The molecule has 1 amide bonds. The van der Waals surface area contributed by atoms with E-state index in [2.05, 4.69) is 22.8 Å². The molecule has 0 unspecified atom stereocenters. The van der Waals surface area contributed by atoms with Crippen molar-refractivity contribution in [3.8, 4) is 0 Å². The molecule has 1 aromatic carbocycles. The van der Waals surface area contributed by atoms with Crippen molar-refractivity contribution in [2.75, 3.05) is 30.4 Å². The minimum absolute atomic E-state index is 0.265. The van der Waals surface area contributed by atoms with Crippen LogP contribution < -0.4 is 15.5 Å². The third-order valence-corrected chi connectivity index (χ3v) is 3.63. The van der Waals surface area contributed by atoms with E-state index in [1.807, 2.05) is 18.0 Å². The Kier molecular flexibility index (Phi) is 2.52. The first-order valence-corrected chi connectivity index (χ1v) is 6.13. The van der Waals surface area contributed by atoms with E-state index < -0.39 is 0 Å². The summed E-state index contributed by atoms with van der Waals surface area (Å²) in [7, 11) is 1.92. The highest BCUT2D eigenvalue weighted by Gasteiger charge is 2.33. The fraction of sp³-hybridized carbons (Fsp3) is 0.462. The molecule has 0 saturated carbocycles. The molecule has 3 rings (SSSR count). The van der Waals surface area contributed by atoms with Gasteiger partial charge in [0.15, 0.2) is 0 Å². The van der Waals surface area contributed by atoms with Crippen LogP contribution in [0.2, 0.25) is 0 Å². The number of nitrogens with one attached hydrogen (secondary N) is 2. The molecule has 2 N–H and O–H groups in total. The van der Waals surface area contributed by atoms with E-state index in [9.17, 15) is 4.79 Å². The summed E-state index contributed by atoms with van der Waals surface area (Å²) in [5.41, 5.74) is 3.50. The quantitative estimate of drug-likeness (QED) is 0.797. The molecule has 0 spiro atoms. The zero-order valence-electron chi connectivity index (χ0n) is 9.99. The van der Waals surface area contributed by atoms with Gasteiger partial charge in [0.2, 0.25) is 5.91 Å². The summed E-state index contributed by atoms with van der Waals surface area (Å²) in [6.07, 6.45) is 1.50. The van der Waals surface area contributed by atoms with Crippen molar-refractivity contribution in [3.63, 3.8) is 0 Å². The normalized spacial score (nSPS) is 19.8. The van der Waals surface area contributed by atoms with Crippen LogP contribution in [0.5, 0.6) is 0 Å². The van der Waals surface area contributed by atoms with Gasteiger partial charge >= 0.3 is 0 Å². The molecule has 0 bridgehead atoms. The van der Waals surface area contributed by atoms with Crippen molar-refractivity contribution in [1.82, 2.24) is 5.32 Å². The van der Waals surface area contributed by atoms with E-state index in [1.54, 1.807) is 0 Å². The van der Waals surface area contributed by atoms with E-state index in [1.165, 1.54) is 5.56 Å². The summed E-state index contributed by atoms with van der Waals surface area (Å²) in [6, 6.07) is 6.61. The number of carbonyl (C=O) groups is 1. The molecule has 2 aliphatic rings. The highest BCUT2D eigenvalue weighted by Crippen LogP contribution is 2.32. The van der Waals surface area contributed by atoms with Crippen LogP contribution in [0.25, 0.3) is 0 Å². The van der Waals surface area contributed by atoms with Crippen LogP contribution in [0.15, 0.2) is 18.2 Å². The number of amides is 1. The highest BCUT2D eigenvalue weighted by molar-refractivity contribution is 5.97. The second-order valence-electron chi connectivity index (χ2n) is 4.67. The van der Waals surface area contributed by atoms with Crippen LogP contribution in [0.3, 0.4) is 0 Å². The highest BCUT2D eigenvalue weighted by atomic mass is 16.2. The number of rotatable bonds is 2. The minimum atomic E-state index is 0.265. The maximum absolute atomic E-state index is 12.0. The van der Waals surface area contributed by atoms with Gasteiger partial charge in [0, 0.05) is 37.9 Å². The molecule has 2 heterocycles. The fourth-order valence-corrected chi connectivity index (χ4v) is 2.53. The van der Waals surface area contributed by atoms with Gasteiger partial charge in [-0.05, 0) is 30.2 Å². The van der Waals surface area contributed by atoms with Crippen molar-refractivity contribution in [2.24, 2.45) is 0 Å². The molecule has 4 nitrogen and oxygen atoms in total. The van der Waals surface area contributed by atoms with Gasteiger partial charge in [-0.2, -0.15) is 0 Å². The Balaban J connectivity index is 1.98. The molecular formula is C13H17N3O. The lowest BCUT2D eigenvalue weighted by molar-refractivity contribution is -0.119. The van der Waals surface area contributed by atoms with Crippen LogP contribution in [0.1, 0.15) is 12.0 Å². The first kappa shape index (κ1) is 10.6. The second kappa shape index (κ2) is 4.04. The standard InChI is InChI=1S/C13H17N3O/c1-14-10-3-4-12-9(6-10)2-5-13(17)16(12)11-7-15-8-11/h3-4,6,11,14-15H,2,5,7-8H2,1H3. The molecule has 0 aromatic heterocycles. The average Bonchev–Trinajstić information content (AvgIpc) is 2.30. The minimum Gasteiger partial charge on any atom is -0.388 e. The van der Waals surface area contributed by atoms with Gasteiger partial charge in [0.25, 0.3) is 0 Å². The predicted molar refractivity (Wildman–Crippen MR) is 68.5 cm³/mol. The molecular weight excluding hydrogens is 214 g/mol.